The summed E-state index contributed by atoms with van der Waals surface area (Å²) in [6.45, 7) is 17.9. The number of nitrogens with zero attached hydrogens (tertiary/aromatic N) is 4. The summed E-state index contributed by atoms with van der Waals surface area (Å²) >= 11 is 36.9. The van der Waals surface area contributed by atoms with Crippen molar-refractivity contribution in [3.05, 3.63) is 129 Å². The minimum absolute atomic E-state index is 0.00839. The molecule has 20 nitrogen and oxygen atoms in total. The number of quaternary nitrogens is 2. The van der Waals surface area contributed by atoms with Gasteiger partial charge < -0.3 is 57.6 Å². The third-order valence-corrected chi connectivity index (χ3v) is 27.1. The van der Waals surface area contributed by atoms with E-state index in [0.717, 1.165) is 29.5 Å². The van der Waals surface area contributed by atoms with Crippen LogP contribution in [0.4, 0.5) is 28.4 Å². The first kappa shape index (κ1) is 71.0. The average molecular weight is 1410 g/mol. The van der Waals surface area contributed by atoms with E-state index in [0.29, 0.717) is 40.1 Å². The van der Waals surface area contributed by atoms with Crippen molar-refractivity contribution >= 4 is 132 Å². The normalized spacial score (nSPS) is 24.5. The SMILES string of the molecule is COC1=C2C=[N+]([O-])C3=CC=C(OS(=O)(=O)C(F)(F)F)C[C@@H]3[C@H](O[Si](C)(C)C(C)(C)C)[N+]2(C(=O)OCC(Cl)(Cl)Cl)C=C1OCCCCCOC1=C[N+]2(C(=O)OCC(Cl)(Cl)Cl)C(=C1OC)C=[N+]([O-])C1=CC=C(c3cccc(N)c3)C[C@@H]1[C@@H]2O[Si](C)(C)C(C)(C)C. The molecule has 32 heteroatoms. The zero-order valence-electron chi connectivity index (χ0n) is 50.4. The van der Waals surface area contributed by atoms with E-state index in [1.54, 1.807) is 12.1 Å². The second kappa shape index (κ2) is 25.9. The highest BCUT2D eigenvalue weighted by molar-refractivity contribution is 7.87. The summed E-state index contributed by atoms with van der Waals surface area (Å²) in [6, 6.07) is 7.29. The highest BCUT2D eigenvalue weighted by Gasteiger charge is 2.67. The number of methoxy groups -OCH3 is 2. The molecule has 0 aromatic heterocycles. The Morgan fingerprint density at radius 3 is 1.51 bits per heavy atom. The molecule has 6 aliphatic rings. The number of hydroxylamine groups is 2. The van der Waals surface area contributed by atoms with Gasteiger partial charge in [0.15, 0.2) is 29.0 Å². The number of ether oxygens (including phenoxy) is 6. The third kappa shape index (κ3) is 14.7. The molecule has 2 N–H and O–H groups in total. The van der Waals surface area contributed by atoms with Gasteiger partial charge in [0.05, 0.1) is 27.4 Å². The van der Waals surface area contributed by atoms with Crippen molar-refractivity contribution in [2.24, 2.45) is 11.8 Å². The van der Waals surface area contributed by atoms with Gasteiger partial charge in [0.1, 0.15) is 30.8 Å². The van der Waals surface area contributed by atoms with Crippen LogP contribution < -0.4 is 5.73 Å². The van der Waals surface area contributed by atoms with E-state index in [9.17, 15) is 32.0 Å². The number of rotatable bonds is 19. The second-order valence-electron chi connectivity index (χ2n) is 24.7. The fourth-order valence-electron chi connectivity index (χ4n) is 10.1. The number of amides is 2. The average Bonchev–Trinajstić information content (AvgIpc) is 1.58. The van der Waals surface area contributed by atoms with E-state index in [1.807, 2.05) is 92.0 Å². The molecule has 6 atom stereocenters. The summed E-state index contributed by atoms with van der Waals surface area (Å²) in [5.74, 6) is -3.08. The molecule has 2 unspecified atom stereocenters. The molecule has 486 valence electrons. The van der Waals surface area contributed by atoms with Gasteiger partial charge in [-0.2, -0.15) is 40.7 Å². The zero-order chi connectivity index (χ0) is 65.8. The summed E-state index contributed by atoms with van der Waals surface area (Å²) in [7, 11) is -9.67. The Hall–Kier alpha value is -4.43. The molecular formula is C56H72Cl6F3N5O15SSi2+2. The van der Waals surface area contributed by atoms with Crippen LogP contribution >= 0.6 is 69.6 Å². The lowest BCUT2D eigenvalue weighted by Crippen LogP contribution is -2.62. The van der Waals surface area contributed by atoms with Crippen LogP contribution in [0.5, 0.6) is 0 Å². The first-order valence-electron chi connectivity index (χ1n) is 27.7. The van der Waals surface area contributed by atoms with Gasteiger partial charge in [-0.1, -0.05) is 129 Å². The Bertz CT molecular complexity index is 3380. The first-order valence-corrected chi connectivity index (χ1v) is 37.2. The van der Waals surface area contributed by atoms with Gasteiger partial charge in [0, 0.05) is 24.3 Å². The molecule has 0 spiro atoms. The van der Waals surface area contributed by atoms with E-state index in [2.05, 4.69) is 4.18 Å². The number of unbranched alkanes of at least 4 members (excludes halogenated alkanes) is 2. The maximum Gasteiger partial charge on any atom is 0.534 e. The third-order valence-electron chi connectivity index (χ3n) is 16.6. The predicted molar refractivity (Wildman–Crippen MR) is 333 cm³/mol. The number of hydrogen-bond donors (Lipinski definition) is 1. The second-order valence-corrected chi connectivity index (χ2v) is 40.7. The number of anilines is 1. The largest absolute Gasteiger partial charge is 0.618 e. The van der Waals surface area contributed by atoms with Crippen molar-refractivity contribution < 1.29 is 91.1 Å². The molecule has 2 aliphatic carbocycles. The van der Waals surface area contributed by atoms with Crippen molar-refractivity contribution in [3.63, 3.8) is 0 Å². The minimum Gasteiger partial charge on any atom is -0.618 e. The van der Waals surface area contributed by atoms with Crippen LogP contribution in [0.1, 0.15) is 79.2 Å². The number of allylic oxidation sites excluding steroid dienone is 8. The van der Waals surface area contributed by atoms with Crippen LogP contribution in [0, 0.1) is 22.3 Å². The molecule has 4 heterocycles. The molecule has 0 saturated carbocycles. The van der Waals surface area contributed by atoms with Crippen LogP contribution in [0.3, 0.4) is 0 Å². The summed E-state index contributed by atoms with van der Waals surface area (Å²) < 4.78 is 116. The molecular weight excluding hydrogens is 1340 g/mol. The van der Waals surface area contributed by atoms with Gasteiger partial charge in [0.25, 0.3) is 11.4 Å². The number of halogens is 9. The summed E-state index contributed by atoms with van der Waals surface area (Å²) in [6.07, 6.45) is 6.12. The molecule has 2 amide bonds. The van der Waals surface area contributed by atoms with E-state index in [1.165, 1.54) is 32.8 Å². The van der Waals surface area contributed by atoms with Crippen LogP contribution in [0.2, 0.25) is 36.3 Å². The first-order chi connectivity index (χ1) is 40.4. The van der Waals surface area contributed by atoms with E-state index in [-0.39, 0.29) is 59.8 Å². The molecule has 0 saturated heterocycles. The van der Waals surface area contributed by atoms with Crippen molar-refractivity contribution in [2.45, 2.75) is 135 Å². The van der Waals surface area contributed by atoms with Gasteiger partial charge in [-0.05, 0) is 91.3 Å². The van der Waals surface area contributed by atoms with Gasteiger partial charge in [-0.3, -0.25) is 0 Å². The molecule has 1 aromatic rings. The quantitative estimate of drug-likeness (QED) is 0.0156. The molecule has 0 fully saturated rings. The van der Waals surface area contributed by atoms with E-state index >= 15 is 9.59 Å². The molecule has 88 heavy (non-hydrogen) atoms. The highest BCUT2D eigenvalue weighted by Crippen LogP contribution is 2.53. The van der Waals surface area contributed by atoms with Crippen LogP contribution in [0.25, 0.3) is 5.57 Å². The number of carbonyl (C=O) groups is 2. The van der Waals surface area contributed by atoms with E-state index in [4.69, 9.17) is 113 Å². The summed E-state index contributed by atoms with van der Waals surface area (Å²) in [5.41, 5.74) is 2.53. The number of nitrogen functional groups attached to an aromatic ring is 1. The maximum absolute atomic E-state index is 15.2. The molecule has 0 radical (unpaired) electrons. The molecule has 7 rings (SSSR count). The number of fused-ring (bicyclic) bond motifs is 4. The van der Waals surface area contributed by atoms with Gasteiger partial charge in [-0.25, -0.2) is 0 Å². The molecule has 4 aliphatic heterocycles. The van der Waals surface area contributed by atoms with Gasteiger partial charge in [0.2, 0.25) is 66.9 Å². The van der Waals surface area contributed by atoms with Crippen LogP contribution in [-0.4, -0.2) is 134 Å². The smallest absolute Gasteiger partial charge is 0.534 e. The number of nitrogens with two attached hydrogens (primary N) is 1. The Balaban J connectivity index is 1.21. The van der Waals surface area contributed by atoms with Crippen molar-refractivity contribution in [1.82, 2.24) is 0 Å². The lowest BCUT2D eigenvalue weighted by molar-refractivity contribution is -0.817. The zero-order valence-corrected chi connectivity index (χ0v) is 57.8. The Labute approximate surface area is 542 Å². The molecule has 1 aromatic carbocycles. The summed E-state index contributed by atoms with van der Waals surface area (Å²) in [5, 5.41) is 27.9. The number of carbonyl (C=O) groups excluding carboxylic acids is 2. The molecule has 0 bridgehead atoms. The van der Waals surface area contributed by atoms with E-state index < -0.39 is 121 Å². The standard InChI is InChI=1S/C56H72Cl6F3N5O15SSi2/c1-52(2,3)87(9,10)84-48-38-26-35(34-17-16-18-36(66)25-34)19-21-40(38)67(73)28-42-46(77-7)44(30-69(42,48)50(71)81-32-54(57,58)59)79-23-14-13-15-24-80-45-31-70(51(72)82-33-55(60,61)62)43(47(45)78-8)29-68(74)41-22-20-37(83-86(75,76)56(63,64)65)27-39(41)49(70)85-88(11,12)53(4,5)6/h16-22,25,28-31,38-39,48-49H,13-15,23-24,26-27,32-33,66H2,1-12H3/q+2/t38-,39-,48-,49-,69?,70?/m0/s1. The highest BCUT2D eigenvalue weighted by atomic mass is 35.6. The number of alkyl halides is 9. The van der Waals surface area contributed by atoms with Crippen molar-refractivity contribution in [1.29, 1.82) is 0 Å². The fourth-order valence-corrected chi connectivity index (χ4v) is 13.5. The van der Waals surface area contributed by atoms with Crippen LogP contribution in [-0.2, 0) is 51.6 Å². The van der Waals surface area contributed by atoms with Gasteiger partial charge >= 0.3 is 27.8 Å². The topological polar surface area (TPSA) is 230 Å². The van der Waals surface area contributed by atoms with Crippen LogP contribution in [0.15, 0.2) is 113 Å². The lowest BCUT2D eigenvalue weighted by atomic mass is 9.85. The Morgan fingerprint density at radius 1 is 0.682 bits per heavy atom. The fraction of sp³-hybridized carbons (Fsp3) is 0.536. The van der Waals surface area contributed by atoms with Crippen molar-refractivity contribution in [2.75, 3.05) is 46.4 Å². The number of hydrogen-bond acceptors (Lipinski definition) is 16. The summed E-state index contributed by atoms with van der Waals surface area (Å²) in [4.78, 5) is 30.3. The monoisotopic (exact) mass is 1410 g/mol. The predicted octanol–water partition coefficient (Wildman–Crippen LogP) is 14.4. The Kier molecular flexibility index (Phi) is 20.9. The Morgan fingerprint density at radius 2 is 1.11 bits per heavy atom. The number of benzene rings is 1. The minimum atomic E-state index is -6.20. The maximum atomic E-state index is 15.2. The van der Waals surface area contributed by atoms with Crippen molar-refractivity contribution in [3.8, 4) is 0 Å². The van der Waals surface area contributed by atoms with Gasteiger partial charge in [-0.15, -0.1) is 8.97 Å². The lowest BCUT2D eigenvalue weighted by Gasteiger charge is -2.44.